The van der Waals surface area contributed by atoms with Crippen molar-refractivity contribution in [3.05, 3.63) is 18.0 Å². The van der Waals surface area contributed by atoms with Gasteiger partial charge in [0.1, 0.15) is 0 Å². The largest absolute Gasteiger partial charge is 0.352 e. The molecule has 2 rings (SSSR count). The van der Waals surface area contributed by atoms with Gasteiger partial charge in [-0.2, -0.15) is 0 Å². The topological polar surface area (TPSA) is 77.1 Å². The molecule has 1 aromatic heterocycles. The summed E-state index contributed by atoms with van der Waals surface area (Å²) in [6, 6.07) is 1.71. The quantitative estimate of drug-likeness (QED) is 0.872. The van der Waals surface area contributed by atoms with E-state index in [1.165, 1.54) is 6.42 Å². The zero-order valence-corrected chi connectivity index (χ0v) is 14.0. The average Bonchev–Trinajstić information content (AvgIpc) is 2.81. The maximum absolute atomic E-state index is 12.6. The van der Waals surface area contributed by atoms with Crippen LogP contribution in [0.1, 0.15) is 45.2 Å². The lowest BCUT2D eigenvalue weighted by molar-refractivity contribution is 0.226. The lowest BCUT2D eigenvalue weighted by Crippen LogP contribution is -2.43. The highest BCUT2D eigenvalue weighted by molar-refractivity contribution is 7.89. The summed E-state index contributed by atoms with van der Waals surface area (Å²) in [6.45, 7) is 4.68. The monoisotopic (exact) mass is 313 g/mol. The molecule has 1 aliphatic carbocycles. The van der Waals surface area contributed by atoms with Gasteiger partial charge in [0.2, 0.25) is 10.0 Å². The Morgan fingerprint density at radius 3 is 2.62 bits per heavy atom. The Morgan fingerprint density at radius 2 is 2.05 bits per heavy atom. The molecule has 0 bridgehead atoms. The Hall–Kier alpha value is -0.850. The summed E-state index contributed by atoms with van der Waals surface area (Å²) in [5, 5.41) is 0. The van der Waals surface area contributed by atoms with Gasteiger partial charge < -0.3 is 10.3 Å². The third-order valence-corrected chi connectivity index (χ3v) is 6.04. The number of sulfonamides is 1. The highest BCUT2D eigenvalue weighted by atomic mass is 32.2. The van der Waals surface area contributed by atoms with Crippen LogP contribution in [0.5, 0.6) is 0 Å². The van der Waals surface area contributed by atoms with E-state index in [-0.39, 0.29) is 6.04 Å². The first-order valence-corrected chi connectivity index (χ1v) is 9.21. The molecule has 0 spiro atoms. The molecular weight excluding hydrogens is 286 g/mol. The molecule has 0 saturated heterocycles. The molecule has 2 atom stereocenters. The molecule has 0 radical (unpaired) electrons. The van der Waals surface area contributed by atoms with E-state index in [0.29, 0.717) is 23.3 Å². The van der Waals surface area contributed by atoms with Crippen molar-refractivity contribution < 1.29 is 8.42 Å². The number of rotatable bonds is 5. The van der Waals surface area contributed by atoms with E-state index < -0.39 is 10.0 Å². The number of hydrogen-bond donors (Lipinski definition) is 2. The van der Waals surface area contributed by atoms with Crippen LogP contribution in [-0.4, -0.2) is 19.0 Å². The summed E-state index contributed by atoms with van der Waals surface area (Å²) in [6.07, 6.45) is 5.97. The molecule has 0 amide bonds. The lowest BCUT2D eigenvalue weighted by Gasteiger charge is -2.34. The predicted molar refractivity (Wildman–Crippen MR) is 84.2 cm³/mol. The van der Waals surface area contributed by atoms with E-state index in [4.69, 9.17) is 5.73 Å². The van der Waals surface area contributed by atoms with Gasteiger partial charge in [0.05, 0.1) is 4.90 Å². The normalized spacial score (nSPS) is 23.7. The molecule has 0 aliphatic heterocycles. The summed E-state index contributed by atoms with van der Waals surface area (Å²) in [7, 11) is -1.65. The van der Waals surface area contributed by atoms with Gasteiger partial charge in [-0.3, -0.25) is 0 Å². The van der Waals surface area contributed by atoms with E-state index in [2.05, 4.69) is 18.6 Å². The molecule has 1 saturated carbocycles. The van der Waals surface area contributed by atoms with Crippen LogP contribution in [0.2, 0.25) is 0 Å². The molecule has 3 N–H and O–H groups in total. The molecule has 1 heterocycles. The first-order valence-electron chi connectivity index (χ1n) is 7.72. The van der Waals surface area contributed by atoms with Crippen LogP contribution < -0.4 is 10.5 Å². The minimum atomic E-state index is -3.46. The van der Waals surface area contributed by atoms with Crippen LogP contribution in [0.4, 0.5) is 0 Å². The van der Waals surface area contributed by atoms with Crippen LogP contribution in [0, 0.1) is 11.8 Å². The number of aryl methyl sites for hydroxylation is 1. The highest BCUT2D eigenvalue weighted by Gasteiger charge is 2.31. The minimum Gasteiger partial charge on any atom is -0.352 e. The Morgan fingerprint density at radius 1 is 1.38 bits per heavy atom. The van der Waals surface area contributed by atoms with E-state index >= 15 is 0 Å². The van der Waals surface area contributed by atoms with Crippen molar-refractivity contribution in [2.45, 2.75) is 57.0 Å². The molecule has 0 aromatic carbocycles. The van der Waals surface area contributed by atoms with Gasteiger partial charge in [0, 0.05) is 31.5 Å². The van der Waals surface area contributed by atoms with Gasteiger partial charge in [-0.25, -0.2) is 13.1 Å². The third kappa shape index (κ3) is 3.67. The molecule has 1 aliphatic rings. The number of nitrogens with two attached hydrogens (primary N) is 1. The van der Waals surface area contributed by atoms with Crippen LogP contribution in [0.25, 0.3) is 0 Å². The Bertz CT molecular complexity index is 578. The zero-order valence-electron chi connectivity index (χ0n) is 13.2. The lowest BCUT2D eigenvalue weighted by atomic mass is 9.78. The molecule has 1 aromatic rings. The third-order valence-electron chi connectivity index (χ3n) is 4.58. The smallest absolute Gasteiger partial charge is 0.242 e. The van der Waals surface area contributed by atoms with Crippen LogP contribution in [0.3, 0.4) is 0 Å². The van der Waals surface area contributed by atoms with Crippen molar-refractivity contribution in [3.63, 3.8) is 0 Å². The van der Waals surface area contributed by atoms with Crippen molar-refractivity contribution in [1.82, 2.24) is 9.29 Å². The van der Waals surface area contributed by atoms with Crippen LogP contribution >= 0.6 is 0 Å². The van der Waals surface area contributed by atoms with E-state index in [1.54, 1.807) is 16.8 Å². The summed E-state index contributed by atoms with van der Waals surface area (Å²) in [4.78, 5) is 0.318. The summed E-state index contributed by atoms with van der Waals surface area (Å²) >= 11 is 0. The van der Waals surface area contributed by atoms with Gasteiger partial charge in [0.25, 0.3) is 0 Å². The second-order valence-corrected chi connectivity index (χ2v) is 8.12. The first-order chi connectivity index (χ1) is 9.85. The first kappa shape index (κ1) is 16.5. The Balaban J connectivity index is 2.19. The van der Waals surface area contributed by atoms with Gasteiger partial charge in [-0.1, -0.05) is 26.7 Å². The molecule has 120 valence electrons. The van der Waals surface area contributed by atoms with E-state index in [1.807, 2.05) is 7.05 Å². The van der Waals surface area contributed by atoms with Gasteiger partial charge in [-0.15, -0.1) is 0 Å². The molecular formula is C15H27N3O2S. The summed E-state index contributed by atoms with van der Waals surface area (Å²) < 4.78 is 29.9. The Labute approximate surface area is 128 Å². The molecule has 1 fully saturated rings. The van der Waals surface area contributed by atoms with E-state index in [9.17, 15) is 8.42 Å². The van der Waals surface area contributed by atoms with Crippen molar-refractivity contribution in [2.24, 2.45) is 24.6 Å². The number of hydrogen-bond acceptors (Lipinski definition) is 3. The fourth-order valence-electron chi connectivity index (χ4n) is 3.30. The van der Waals surface area contributed by atoms with Gasteiger partial charge in [0.15, 0.2) is 0 Å². The maximum Gasteiger partial charge on any atom is 0.242 e. The summed E-state index contributed by atoms with van der Waals surface area (Å²) in [5.41, 5.74) is 6.44. The van der Waals surface area contributed by atoms with E-state index in [0.717, 1.165) is 25.0 Å². The fraction of sp³-hybridized carbons (Fsp3) is 0.733. The molecule has 5 nitrogen and oxygen atoms in total. The standard InChI is InChI=1S/C15H27N3O2S/c1-11(2)14-6-4-5-7-15(14)17-21(19,20)13-8-12(9-16)18(3)10-13/h8,10-11,14-15,17H,4-7,9,16H2,1-3H3. The SMILES string of the molecule is CC(C)C1CCCCC1NS(=O)(=O)c1cc(CN)n(C)c1. The molecule has 2 unspecified atom stereocenters. The zero-order chi connectivity index (χ0) is 15.6. The maximum atomic E-state index is 12.6. The number of nitrogens with one attached hydrogen (secondary N) is 1. The van der Waals surface area contributed by atoms with Gasteiger partial charge >= 0.3 is 0 Å². The molecule has 6 heteroatoms. The Kier molecular flexibility index (Phi) is 5.11. The highest BCUT2D eigenvalue weighted by Crippen LogP contribution is 2.31. The van der Waals surface area contributed by atoms with Crippen LogP contribution in [0.15, 0.2) is 17.2 Å². The number of nitrogens with zero attached hydrogens (tertiary/aromatic N) is 1. The second-order valence-electron chi connectivity index (χ2n) is 6.40. The minimum absolute atomic E-state index is 0.0466. The molecule has 21 heavy (non-hydrogen) atoms. The van der Waals surface area contributed by atoms with Crippen molar-refractivity contribution in [3.8, 4) is 0 Å². The number of aromatic nitrogens is 1. The fourth-order valence-corrected chi connectivity index (χ4v) is 4.71. The van der Waals surface area contributed by atoms with Crippen molar-refractivity contribution in [2.75, 3.05) is 0 Å². The van der Waals surface area contributed by atoms with Gasteiger partial charge in [-0.05, 0) is 30.7 Å². The predicted octanol–water partition coefficient (Wildman–Crippen LogP) is 1.98. The second kappa shape index (κ2) is 6.50. The average molecular weight is 313 g/mol. The van der Waals surface area contributed by atoms with Crippen LogP contribution in [-0.2, 0) is 23.6 Å². The van der Waals surface area contributed by atoms with Crippen molar-refractivity contribution in [1.29, 1.82) is 0 Å². The summed E-state index contributed by atoms with van der Waals surface area (Å²) in [5.74, 6) is 0.916. The van der Waals surface area contributed by atoms with Crippen molar-refractivity contribution >= 4 is 10.0 Å².